The Morgan fingerprint density at radius 3 is 2.46 bits per heavy atom. The van der Waals surface area contributed by atoms with Crippen molar-refractivity contribution in [1.82, 2.24) is 9.88 Å². The van der Waals surface area contributed by atoms with E-state index in [2.05, 4.69) is 25.8 Å². The number of thiazole rings is 1. The number of benzene rings is 2. The Morgan fingerprint density at radius 1 is 1.12 bits per heavy atom. The third kappa shape index (κ3) is 4.82. The molecule has 0 fully saturated rings. The number of aromatic nitrogens is 1. The van der Waals surface area contributed by atoms with Crippen LogP contribution in [-0.2, 0) is 0 Å². The van der Waals surface area contributed by atoms with E-state index in [0.717, 1.165) is 31.9 Å². The van der Waals surface area contributed by atoms with Gasteiger partial charge in [0.15, 0.2) is 5.13 Å². The molecule has 0 bridgehead atoms. The van der Waals surface area contributed by atoms with Gasteiger partial charge in [-0.3, -0.25) is 9.69 Å². The summed E-state index contributed by atoms with van der Waals surface area (Å²) in [4.78, 5) is 21.6. The van der Waals surface area contributed by atoms with E-state index in [4.69, 9.17) is 0 Å². The maximum absolute atomic E-state index is 13.1. The Hall–Kier alpha value is -1.47. The lowest BCUT2D eigenvalue weighted by Crippen LogP contribution is -2.36. The van der Waals surface area contributed by atoms with Crippen molar-refractivity contribution in [1.29, 1.82) is 0 Å². The van der Waals surface area contributed by atoms with Crippen molar-refractivity contribution in [2.45, 2.75) is 6.92 Å². The van der Waals surface area contributed by atoms with E-state index in [9.17, 15) is 4.79 Å². The van der Waals surface area contributed by atoms with Gasteiger partial charge >= 0.3 is 0 Å². The van der Waals surface area contributed by atoms with Gasteiger partial charge in [-0.05, 0) is 51.4 Å². The number of halogens is 2. The van der Waals surface area contributed by atoms with Gasteiger partial charge in [0.1, 0.15) is 0 Å². The predicted molar refractivity (Wildman–Crippen MR) is 116 cm³/mol. The third-order valence-electron chi connectivity index (χ3n) is 3.88. The zero-order valence-electron chi connectivity index (χ0n) is 14.9. The summed E-state index contributed by atoms with van der Waals surface area (Å²) in [6.45, 7) is 3.39. The number of carbonyl (C=O) groups is 1. The molecule has 0 unspecified atom stereocenters. The zero-order chi connectivity index (χ0) is 18.0. The molecule has 1 aromatic heterocycles. The molecule has 3 aromatic rings. The van der Waals surface area contributed by atoms with Crippen LogP contribution in [0.4, 0.5) is 5.13 Å². The minimum atomic E-state index is -0.0139. The number of nitrogens with zero attached hydrogens (tertiary/aromatic N) is 3. The highest BCUT2D eigenvalue weighted by Gasteiger charge is 2.21. The number of anilines is 1. The van der Waals surface area contributed by atoms with Crippen LogP contribution >= 0.6 is 39.7 Å². The van der Waals surface area contributed by atoms with Crippen LogP contribution < -0.4 is 4.90 Å². The Labute approximate surface area is 172 Å². The number of amides is 1. The van der Waals surface area contributed by atoms with Gasteiger partial charge < -0.3 is 4.90 Å². The lowest BCUT2D eigenvalue weighted by atomic mass is 10.1. The molecule has 1 amide bonds. The van der Waals surface area contributed by atoms with Crippen LogP contribution in [0.15, 0.2) is 46.9 Å². The summed E-state index contributed by atoms with van der Waals surface area (Å²) < 4.78 is 2.08. The first-order valence-corrected chi connectivity index (χ1v) is 9.64. The highest BCUT2D eigenvalue weighted by molar-refractivity contribution is 9.10. The number of hydrogen-bond donors (Lipinski definition) is 0. The molecule has 0 saturated carbocycles. The van der Waals surface area contributed by atoms with Crippen molar-refractivity contribution < 1.29 is 4.79 Å². The summed E-state index contributed by atoms with van der Waals surface area (Å²) in [5.41, 5.74) is 2.74. The average Bonchev–Trinajstić information content (AvgIpc) is 2.98. The van der Waals surface area contributed by atoms with Gasteiger partial charge in [0.25, 0.3) is 5.91 Å². The molecule has 0 radical (unpaired) electrons. The molecule has 2 aromatic carbocycles. The summed E-state index contributed by atoms with van der Waals surface area (Å²) in [7, 11) is 4.01. The Balaban J connectivity index is 0.00000243. The molecule has 4 nitrogen and oxygen atoms in total. The van der Waals surface area contributed by atoms with E-state index in [1.165, 1.54) is 0 Å². The number of aryl methyl sites for hydroxylation is 1. The number of likely N-dealkylation sites (N-methyl/N-ethyl adjacent to an activating group) is 1. The quantitative estimate of drug-likeness (QED) is 0.544. The lowest BCUT2D eigenvalue weighted by Gasteiger charge is -2.22. The Morgan fingerprint density at radius 2 is 1.81 bits per heavy atom. The topological polar surface area (TPSA) is 36.4 Å². The van der Waals surface area contributed by atoms with Crippen LogP contribution in [0.2, 0.25) is 0 Å². The third-order valence-corrected chi connectivity index (χ3v) is 5.42. The fraction of sp³-hybridized carbons (Fsp3) is 0.263. The molecule has 1 heterocycles. The van der Waals surface area contributed by atoms with Gasteiger partial charge in [-0.2, -0.15) is 0 Å². The summed E-state index contributed by atoms with van der Waals surface area (Å²) in [5.74, 6) is -0.0139. The van der Waals surface area contributed by atoms with Crippen LogP contribution in [-0.4, -0.2) is 43.0 Å². The van der Waals surface area contributed by atoms with Crippen molar-refractivity contribution in [2.75, 3.05) is 32.1 Å². The molecule has 0 aliphatic carbocycles. The largest absolute Gasteiger partial charge is 0.308 e. The monoisotopic (exact) mass is 453 g/mol. The minimum Gasteiger partial charge on any atom is -0.308 e. The first-order chi connectivity index (χ1) is 11.9. The normalized spacial score (nSPS) is 10.8. The second kappa shape index (κ2) is 8.95. The highest BCUT2D eigenvalue weighted by atomic mass is 79.9. The van der Waals surface area contributed by atoms with E-state index < -0.39 is 0 Å². The first kappa shape index (κ1) is 20.8. The van der Waals surface area contributed by atoms with Crippen LogP contribution in [0.3, 0.4) is 0 Å². The number of fused-ring (bicyclic) bond motifs is 1. The lowest BCUT2D eigenvalue weighted by molar-refractivity contribution is 0.0985. The van der Waals surface area contributed by atoms with Gasteiger partial charge in [-0.15, -0.1) is 12.4 Å². The van der Waals surface area contributed by atoms with Crippen molar-refractivity contribution >= 4 is 60.9 Å². The molecule has 138 valence electrons. The predicted octanol–water partition coefficient (Wildman–Crippen LogP) is 5.00. The molecule has 3 rings (SSSR count). The maximum Gasteiger partial charge on any atom is 0.260 e. The summed E-state index contributed by atoms with van der Waals surface area (Å²) in [6, 6.07) is 13.7. The van der Waals surface area contributed by atoms with Gasteiger partial charge in [-0.1, -0.05) is 45.0 Å². The molecule has 0 spiro atoms. The summed E-state index contributed by atoms with van der Waals surface area (Å²) in [5, 5.41) is 0.737. The van der Waals surface area contributed by atoms with Gasteiger partial charge in [-0.25, -0.2) is 4.98 Å². The SMILES string of the molecule is Cc1ccc(C(=O)N(CCN(C)C)c2nc3ccc(Br)cc3s2)cc1.Cl. The molecule has 0 N–H and O–H groups in total. The van der Waals surface area contributed by atoms with Crippen molar-refractivity contribution in [3.63, 3.8) is 0 Å². The molecule has 7 heteroatoms. The molecular weight excluding hydrogens is 434 g/mol. The molecule has 0 saturated heterocycles. The standard InChI is InChI=1S/C19H20BrN3OS.ClH/c1-13-4-6-14(7-5-13)18(24)23(11-10-22(2)3)19-21-16-9-8-15(20)12-17(16)25-19;/h4-9,12H,10-11H2,1-3H3;1H. The van der Waals surface area contributed by atoms with E-state index in [-0.39, 0.29) is 18.3 Å². The number of rotatable bonds is 5. The second-order valence-corrected chi connectivity index (χ2v) is 8.16. The molecule has 0 atom stereocenters. The van der Waals surface area contributed by atoms with E-state index in [1.807, 2.05) is 63.5 Å². The van der Waals surface area contributed by atoms with Gasteiger partial charge in [0.05, 0.1) is 10.2 Å². The van der Waals surface area contributed by atoms with Gasteiger partial charge in [0, 0.05) is 23.1 Å². The minimum absolute atomic E-state index is 0. The van der Waals surface area contributed by atoms with E-state index >= 15 is 0 Å². The van der Waals surface area contributed by atoms with E-state index in [0.29, 0.717) is 12.1 Å². The number of carbonyl (C=O) groups excluding carboxylic acids is 1. The molecule has 26 heavy (non-hydrogen) atoms. The average molecular weight is 455 g/mol. The second-order valence-electron chi connectivity index (χ2n) is 6.23. The fourth-order valence-electron chi connectivity index (χ4n) is 2.44. The van der Waals surface area contributed by atoms with Crippen LogP contribution in [0.25, 0.3) is 10.2 Å². The van der Waals surface area contributed by atoms with Gasteiger partial charge in [0.2, 0.25) is 0 Å². The van der Waals surface area contributed by atoms with Crippen molar-refractivity contribution in [3.8, 4) is 0 Å². The van der Waals surface area contributed by atoms with Crippen molar-refractivity contribution in [2.24, 2.45) is 0 Å². The van der Waals surface area contributed by atoms with Crippen LogP contribution in [0.5, 0.6) is 0 Å². The number of hydrogen-bond acceptors (Lipinski definition) is 4. The maximum atomic E-state index is 13.1. The van der Waals surface area contributed by atoms with E-state index in [1.54, 1.807) is 16.2 Å². The van der Waals surface area contributed by atoms with Crippen LogP contribution in [0.1, 0.15) is 15.9 Å². The summed E-state index contributed by atoms with van der Waals surface area (Å²) >= 11 is 5.04. The van der Waals surface area contributed by atoms with Crippen molar-refractivity contribution in [3.05, 3.63) is 58.1 Å². The highest BCUT2D eigenvalue weighted by Crippen LogP contribution is 2.31. The zero-order valence-corrected chi connectivity index (χ0v) is 18.1. The fourth-order valence-corrected chi connectivity index (χ4v) is 3.98. The Bertz CT molecular complexity index is 895. The smallest absolute Gasteiger partial charge is 0.260 e. The Kier molecular flexibility index (Phi) is 7.17. The van der Waals surface area contributed by atoms with Crippen LogP contribution in [0, 0.1) is 6.92 Å². The summed E-state index contributed by atoms with van der Waals surface area (Å²) in [6.07, 6.45) is 0. The first-order valence-electron chi connectivity index (χ1n) is 8.03. The molecular formula is C19H21BrClN3OS. The molecule has 0 aliphatic heterocycles. The molecule has 0 aliphatic rings.